The highest BCUT2D eigenvalue weighted by Gasteiger charge is 2.43. The molecule has 2 aromatic heterocycles. The van der Waals surface area contributed by atoms with E-state index in [1.165, 1.54) is 16.4 Å². The van der Waals surface area contributed by atoms with Gasteiger partial charge in [-0.25, -0.2) is 13.4 Å². The van der Waals surface area contributed by atoms with Gasteiger partial charge in [-0.3, -0.25) is 19.4 Å². The summed E-state index contributed by atoms with van der Waals surface area (Å²) in [5, 5.41) is 7.70. The summed E-state index contributed by atoms with van der Waals surface area (Å²) in [5.41, 5.74) is 8.13. The molecule has 0 radical (unpaired) electrons. The second-order valence-corrected chi connectivity index (χ2v) is 15.0. The summed E-state index contributed by atoms with van der Waals surface area (Å²) in [5.74, 6) is -0.120. The number of ether oxygens (including phenoxy) is 1. The van der Waals surface area contributed by atoms with Gasteiger partial charge >= 0.3 is 0 Å². The van der Waals surface area contributed by atoms with Crippen LogP contribution in [0.1, 0.15) is 40.0 Å². The number of aryl methyl sites for hydroxylation is 1. The van der Waals surface area contributed by atoms with Gasteiger partial charge in [0.05, 0.1) is 10.7 Å². The number of fused-ring (bicyclic) bond motifs is 1. The van der Waals surface area contributed by atoms with Gasteiger partial charge in [0.25, 0.3) is 5.91 Å². The molecule has 0 aliphatic carbocycles. The quantitative estimate of drug-likeness (QED) is 0.185. The van der Waals surface area contributed by atoms with Crippen molar-refractivity contribution >= 4 is 84.9 Å². The number of piperazine rings is 1. The lowest BCUT2D eigenvalue weighted by Gasteiger charge is -2.37. The highest BCUT2D eigenvalue weighted by atomic mass is 79.9. The zero-order valence-electron chi connectivity index (χ0n) is 26.2. The van der Waals surface area contributed by atoms with Gasteiger partial charge in [-0.2, -0.15) is 4.31 Å². The fourth-order valence-corrected chi connectivity index (χ4v) is 8.90. The Morgan fingerprint density at radius 1 is 1.02 bits per heavy atom. The number of carbonyl (C=O) groups excluding carboxylic acids is 2. The van der Waals surface area contributed by atoms with Crippen molar-refractivity contribution in [3.8, 4) is 5.75 Å². The van der Waals surface area contributed by atoms with Crippen LogP contribution in [-0.4, -0.2) is 88.3 Å². The maximum atomic E-state index is 14.1. The molecule has 2 aliphatic heterocycles. The van der Waals surface area contributed by atoms with Crippen molar-refractivity contribution in [2.75, 3.05) is 32.7 Å². The van der Waals surface area contributed by atoms with E-state index in [9.17, 15) is 18.0 Å². The standard InChI is InChI=1S/C32H32BrCl2N7O5S.ClH/c1-19-28(33)41-12-3-5-25(30(41)38-19)47-18-22-23(34)10-11-26(27(22)35)48(45,46)42-13-2-4-24(42)32(44)40-16-14-39(15-17-40)31(43)21-8-6-20(7-9-21)29(36)37;/h3,5-12,24H,2,4,13-18H2,1H3,(H3,36,37);1H. The molecular weight excluding hydrogens is 781 g/mol. The van der Waals surface area contributed by atoms with E-state index in [-0.39, 0.29) is 71.2 Å². The number of imidazole rings is 1. The second kappa shape index (κ2) is 14.8. The molecule has 17 heteroatoms. The van der Waals surface area contributed by atoms with Crippen molar-refractivity contribution < 1.29 is 22.7 Å². The first-order valence-electron chi connectivity index (χ1n) is 15.2. The molecular formula is C32H33BrCl3N7O5S. The molecule has 4 heterocycles. The second-order valence-electron chi connectivity index (χ2n) is 11.6. The first-order valence-corrected chi connectivity index (χ1v) is 18.1. The van der Waals surface area contributed by atoms with Crippen LogP contribution in [-0.2, 0) is 21.4 Å². The van der Waals surface area contributed by atoms with Crippen molar-refractivity contribution in [3.05, 3.63) is 91.8 Å². The lowest BCUT2D eigenvalue weighted by molar-refractivity contribution is -0.136. The molecule has 0 spiro atoms. The Hall–Kier alpha value is -3.40. The van der Waals surface area contributed by atoms with E-state index in [2.05, 4.69) is 20.9 Å². The minimum absolute atomic E-state index is 0. The number of hydrogen-bond donors (Lipinski definition) is 2. The van der Waals surface area contributed by atoms with Gasteiger partial charge in [-0.1, -0.05) is 35.3 Å². The van der Waals surface area contributed by atoms with Crippen LogP contribution in [0.5, 0.6) is 5.75 Å². The van der Waals surface area contributed by atoms with Crippen molar-refractivity contribution in [1.82, 2.24) is 23.5 Å². The van der Waals surface area contributed by atoms with Crippen LogP contribution in [0, 0.1) is 12.3 Å². The van der Waals surface area contributed by atoms with E-state index < -0.39 is 16.1 Å². The van der Waals surface area contributed by atoms with Crippen LogP contribution in [0.25, 0.3) is 5.65 Å². The number of nitrogens with two attached hydrogens (primary N) is 1. The maximum Gasteiger partial charge on any atom is 0.253 e. The van der Waals surface area contributed by atoms with Crippen molar-refractivity contribution in [3.63, 3.8) is 0 Å². The van der Waals surface area contributed by atoms with Crippen molar-refractivity contribution in [2.24, 2.45) is 5.73 Å². The van der Waals surface area contributed by atoms with Crippen molar-refractivity contribution in [1.29, 1.82) is 5.41 Å². The van der Waals surface area contributed by atoms with E-state index in [0.717, 1.165) is 10.3 Å². The number of amidine groups is 1. The molecule has 2 amide bonds. The molecule has 0 bridgehead atoms. The normalized spacial score (nSPS) is 16.9. The molecule has 0 saturated carbocycles. The van der Waals surface area contributed by atoms with Gasteiger partial charge in [-0.05, 0) is 72.1 Å². The van der Waals surface area contributed by atoms with Crippen LogP contribution in [0.15, 0.2) is 64.2 Å². The van der Waals surface area contributed by atoms with Gasteiger partial charge in [0, 0.05) is 60.6 Å². The number of amides is 2. The molecule has 4 aromatic rings. The minimum atomic E-state index is -4.20. The smallest absolute Gasteiger partial charge is 0.253 e. The summed E-state index contributed by atoms with van der Waals surface area (Å²) in [6, 6.07) is 12.0. The van der Waals surface area contributed by atoms with Gasteiger partial charge in [0.15, 0.2) is 11.4 Å². The SMILES string of the molecule is Cc1nc2c(OCc3c(Cl)ccc(S(=O)(=O)N4CCCC4C(=O)N4CCN(C(=O)c5ccc(C(=N)N)cc5)CC4)c3Cl)cccn2c1Br.Cl. The summed E-state index contributed by atoms with van der Waals surface area (Å²) in [7, 11) is -4.20. The fraction of sp³-hybridized carbons (Fsp3) is 0.312. The number of nitrogens with zero attached hydrogens (tertiary/aromatic N) is 5. The van der Waals surface area contributed by atoms with Crippen LogP contribution in [0.4, 0.5) is 0 Å². The number of rotatable bonds is 8. The summed E-state index contributed by atoms with van der Waals surface area (Å²) in [6.07, 6.45) is 2.71. The third-order valence-electron chi connectivity index (χ3n) is 8.63. The highest BCUT2D eigenvalue weighted by molar-refractivity contribution is 9.10. The third-order valence-corrected chi connectivity index (χ3v) is 12.4. The number of nitrogens with one attached hydrogen (secondary N) is 1. The topological polar surface area (TPSA) is 154 Å². The molecule has 1 unspecified atom stereocenters. The molecule has 2 fully saturated rings. The Labute approximate surface area is 308 Å². The van der Waals surface area contributed by atoms with E-state index in [4.69, 9.17) is 39.1 Å². The molecule has 2 aromatic carbocycles. The van der Waals surface area contributed by atoms with Gasteiger partial charge in [0.2, 0.25) is 15.9 Å². The van der Waals surface area contributed by atoms with Crippen LogP contribution >= 0.6 is 51.5 Å². The third kappa shape index (κ3) is 7.12. The van der Waals surface area contributed by atoms with E-state index in [0.29, 0.717) is 54.0 Å². The Kier molecular flexibility index (Phi) is 11.2. The Balaban J connectivity index is 0.00000468. The summed E-state index contributed by atoms with van der Waals surface area (Å²) < 4.78 is 38.0. The molecule has 12 nitrogen and oxygen atoms in total. The average molecular weight is 814 g/mol. The number of sulfonamides is 1. The van der Waals surface area contributed by atoms with Gasteiger partial charge < -0.3 is 20.3 Å². The number of halogens is 4. The summed E-state index contributed by atoms with van der Waals surface area (Å²) in [6.45, 7) is 3.04. The lowest BCUT2D eigenvalue weighted by Crippen LogP contribution is -2.55. The van der Waals surface area contributed by atoms with Crippen molar-refractivity contribution in [2.45, 2.75) is 37.3 Å². The predicted octanol–water partition coefficient (Wildman–Crippen LogP) is 5.13. The van der Waals surface area contributed by atoms with Crippen LogP contribution < -0.4 is 10.5 Å². The first-order chi connectivity index (χ1) is 22.9. The molecule has 6 rings (SSSR count). The monoisotopic (exact) mass is 811 g/mol. The van der Waals surface area contributed by atoms with E-state index in [1.807, 2.05) is 17.5 Å². The Morgan fingerprint density at radius 3 is 2.35 bits per heavy atom. The minimum Gasteiger partial charge on any atom is -0.485 e. The molecule has 2 aliphatic rings. The number of pyridine rings is 1. The highest BCUT2D eigenvalue weighted by Crippen LogP contribution is 2.37. The summed E-state index contributed by atoms with van der Waals surface area (Å²) >= 11 is 16.7. The van der Waals surface area contributed by atoms with Crippen LogP contribution in [0.3, 0.4) is 0 Å². The zero-order valence-corrected chi connectivity index (χ0v) is 31.0. The van der Waals surface area contributed by atoms with E-state index in [1.54, 1.807) is 46.2 Å². The Morgan fingerprint density at radius 2 is 1.67 bits per heavy atom. The molecule has 3 N–H and O–H groups in total. The van der Waals surface area contributed by atoms with Gasteiger partial charge in [-0.15, -0.1) is 12.4 Å². The largest absolute Gasteiger partial charge is 0.485 e. The average Bonchev–Trinajstić information content (AvgIpc) is 3.69. The number of hydrogen-bond acceptors (Lipinski definition) is 7. The van der Waals surface area contributed by atoms with Crippen LogP contribution in [0.2, 0.25) is 10.0 Å². The number of carbonyl (C=O) groups is 2. The number of benzene rings is 2. The van der Waals surface area contributed by atoms with E-state index >= 15 is 0 Å². The fourth-order valence-electron chi connectivity index (χ4n) is 6.01. The predicted molar refractivity (Wildman–Crippen MR) is 193 cm³/mol. The molecule has 1 atom stereocenters. The molecule has 260 valence electrons. The Bertz CT molecular complexity index is 2040. The number of nitrogen functional groups attached to an aromatic ring is 1. The lowest BCUT2D eigenvalue weighted by atomic mass is 10.1. The zero-order chi connectivity index (χ0) is 34.3. The summed E-state index contributed by atoms with van der Waals surface area (Å²) in [4.78, 5) is 34.4. The number of aromatic nitrogens is 2. The molecule has 2 saturated heterocycles. The first kappa shape index (κ1) is 36.9. The maximum absolute atomic E-state index is 14.1. The van der Waals surface area contributed by atoms with Gasteiger partial charge in [0.1, 0.15) is 28.0 Å². The molecule has 49 heavy (non-hydrogen) atoms.